The van der Waals surface area contributed by atoms with Crippen LogP contribution in [0.25, 0.3) is 0 Å². The molecule has 0 saturated carbocycles. The molecule has 0 amide bonds. The van der Waals surface area contributed by atoms with Crippen LogP contribution in [0.15, 0.2) is 23.1 Å². The van der Waals surface area contributed by atoms with Gasteiger partial charge in [0.15, 0.2) is 0 Å². The molecule has 1 N–H and O–H groups in total. The molecule has 0 radical (unpaired) electrons. The van der Waals surface area contributed by atoms with Crippen molar-refractivity contribution in [3.8, 4) is 6.07 Å². The molecule has 1 aromatic carbocycles. The van der Waals surface area contributed by atoms with Crippen molar-refractivity contribution in [2.75, 3.05) is 19.7 Å². The molecule has 1 aliphatic rings. The Morgan fingerprint density at radius 2 is 2.15 bits per heavy atom. The molecule has 1 aromatic rings. The van der Waals surface area contributed by atoms with E-state index in [1.54, 1.807) is 19.1 Å². The molecule has 1 saturated heterocycles. The lowest BCUT2D eigenvalue weighted by atomic mass is 10.00. The fourth-order valence-corrected chi connectivity index (χ4v) is 4.37. The number of hydrogen-bond acceptors (Lipinski definition) is 4. The molecular formula is C14H18N2O3S. The summed E-state index contributed by atoms with van der Waals surface area (Å²) >= 11 is 0. The molecule has 0 bridgehead atoms. The summed E-state index contributed by atoms with van der Waals surface area (Å²) < 4.78 is 26.7. The Bertz CT molecular complexity index is 649. The van der Waals surface area contributed by atoms with E-state index in [9.17, 15) is 18.8 Å². The van der Waals surface area contributed by atoms with E-state index in [1.807, 2.05) is 13.0 Å². The van der Waals surface area contributed by atoms with E-state index in [1.165, 1.54) is 10.4 Å². The molecule has 6 heteroatoms. The van der Waals surface area contributed by atoms with Gasteiger partial charge in [-0.1, -0.05) is 19.1 Å². The molecule has 20 heavy (non-hydrogen) atoms. The van der Waals surface area contributed by atoms with Gasteiger partial charge < -0.3 is 5.11 Å². The monoisotopic (exact) mass is 294 g/mol. The molecule has 2 atom stereocenters. The second kappa shape index (κ2) is 5.52. The number of hydrogen-bond donors (Lipinski definition) is 1. The normalized spacial score (nSPS) is 23.7. The van der Waals surface area contributed by atoms with Gasteiger partial charge in [-0.3, -0.25) is 0 Å². The van der Waals surface area contributed by atoms with Crippen molar-refractivity contribution in [3.63, 3.8) is 0 Å². The Kier molecular flexibility index (Phi) is 4.14. The predicted octanol–water partition coefficient (Wildman–Crippen LogP) is 1.12. The van der Waals surface area contributed by atoms with E-state index >= 15 is 0 Å². The van der Waals surface area contributed by atoms with Gasteiger partial charge in [0.2, 0.25) is 10.0 Å². The molecule has 5 nitrogen and oxygen atoms in total. The highest BCUT2D eigenvalue weighted by Crippen LogP contribution is 2.30. The van der Waals surface area contributed by atoms with Gasteiger partial charge >= 0.3 is 0 Å². The van der Waals surface area contributed by atoms with Crippen LogP contribution in [-0.2, 0) is 10.0 Å². The van der Waals surface area contributed by atoms with Crippen LogP contribution in [0.5, 0.6) is 0 Å². The average molecular weight is 294 g/mol. The van der Waals surface area contributed by atoms with E-state index in [4.69, 9.17) is 0 Å². The Morgan fingerprint density at radius 3 is 2.70 bits per heavy atom. The minimum atomic E-state index is -3.68. The van der Waals surface area contributed by atoms with Crippen LogP contribution >= 0.6 is 0 Å². The van der Waals surface area contributed by atoms with Crippen molar-refractivity contribution in [2.24, 2.45) is 11.8 Å². The lowest BCUT2D eigenvalue weighted by Crippen LogP contribution is -2.30. The van der Waals surface area contributed by atoms with Crippen LogP contribution in [0.4, 0.5) is 0 Å². The second-order valence-corrected chi connectivity index (χ2v) is 7.21. The average Bonchev–Trinajstić information content (AvgIpc) is 2.80. The summed E-state index contributed by atoms with van der Waals surface area (Å²) in [5.41, 5.74) is 0.854. The van der Waals surface area contributed by atoms with Crippen LogP contribution in [0, 0.1) is 30.1 Å². The standard InChI is InChI=1S/C14H18N2O3S/c1-10-4-3-5-14(13(10)6-15)20(18,19)16-7-11(2)12(8-16)9-17/h3-5,11-12,17H,7-9H2,1-2H3/t11-,12+/m1/s1. The van der Waals surface area contributed by atoms with E-state index < -0.39 is 10.0 Å². The molecule has 0 aliphatic carbocycles. The third-order valence-electron chi connectivity index (χ3n) is 3.93. The molecule has 1 fully saturated rings. The van der Waals surface area contributed by atoms with Gasteiger partial charge in [-0.05, 0) is 30.4 Å². The maximum absolute atomic E-state index is 12.7. The van der Waals surface area contributed by atoms with Gasteiger partial charge in [0, 0.05) is 19.7 Å². The highest BCUT2D eigenvalue weighted by Gasteiger charge is 2.37. The highest BCUT2D eigenvalue weighted by atomic mass is 32.2. The van der Waals surface area contributed by atoms with E-state index in [0.717, 1.165) is 0 Å². The molecular weight excluding hydrogens is 276 g/mol. The van der Waals surface area contributed by atoms with Crippen LogP contribution < -0.4 is 0 Å². The van der Waals surface area contributed by atoms with Crippen molar-refractivity contribution in [1.82, 2.24) is 4.31 Å². The number of nitriles is 1. The fraction of sp³-hybridized carbons (Fsp3) is 0.500. The summed E-state index contributed by atoms with van der Waals surface area (Å²) in [5.74, 6) is 0.0743. The summed E-state index contributed by atoms with van der Waals surface area (Å²) in [6.45, 7) is 4.32. The smallest absolute Gasteiger partial charge is 0.244 e. The van der Waals surface area contributed by atoms with Crippen molar-refractivity contribution < 1.29 is 13.5 Å². The minimum Gasteiger partial charge on any atom is -0.396 e. The Morgan fingerprint density at radius 1 is 1.45 bits per heavy atom. The molecule has 2 rings (SSSR count). The number of aryl methyl sites for hydroxylation is 1. The molecule has 108 valence electrons. The summed E-state index contributed by atoms with van der Waals surface area (Å²) in [5, 5.41) is 18.4. The van der Waals surface area contributed by atoms with Gasteiger partial charge in [0.05, 0.1) is 5.56 Å². The van der Waals surface area contributed by atoms with Crippen LogP contribution in [-0.4, -0.2) is 37.5 Å². The van der Waals surface area contributed by atoms with Crippen LogP contribution in [0.1, 0.15) is 18.1 Å². The van der Waals surface area contributed by atoms with E-state index in [-0.39, 0.29) is 28.9 Å². The van der Waals surface area contributed by atoms with Crippen molar-refractivity contribution >= 4 is 10.0 Å². The number of sulfonamides is 1. The predicted molar refractivity (Wildman–Crippen MR) is 74.4 cm³/mol. The zero-order valence-corrected chi connectivity index (χ0v) is 12.4. The summed E-state index contributed by atoms with van der Waals surface area (Å²) in [6, 6.07) is 6.81. The summed E-state index contributed by atoms with van der Waals surface area (Å²) in [6.07, 6.45) is 0. The largest absolute Gasteiger partial charge is 0.396 e. The summed E-state index contributed by atoms with van der Waals surface area (Å²) in [7, 11) is -3.68. The van der Waals surface area contributed by atoms with E-state index in [2.05, 4.69) is 0 Å². The fourth-order valence-electron chi connectivity index (χ4n) is 2.56. The van der Waals surface area contributed by atoms with Gasteiger partial charge in [0.25, 0.3) is 0 Å². The first kappa shape index (κ1) is 15.0. The maximum atomic E-state index is 12.7. The first-order valence-electron chi connectivity index (χ1n) is 6.52. The second-order valence-electron chi connectivity index (χ2n) is 5.30. The summed E-state index contributed by atoms with van der Waals surface area (Å²) in [4.78, 5) is 0.0609. The molecule has 0 spiro atoms. The van der Waals surface area contributed by atoms with Crippen molar-refractivity contribution in [2.45, 2.75) is 18.7 Å². The quantitative estimate of drug-likeness (QED) is 0.905. The molecule has 1 aliphatic heterocycles. The van der Waals surface area contributed by atoms with E-state index in [0.29, 0.717) is 18.7 Å². The lowest BCUT2D eigenvalue weighted by Gasteiger charge is -2.17. The zero-order valence-electron chi connectivity index (χ0n) is 11.6. The minimum absolute atomic E-state index is 0.0217. The van der Waals surface area contributed by atoms with Gasteiger partial charge in [0.1, 0.15) is 11.0 Å². The Labute approximate surface area is 119 Å². The lowest BCUT2D eigenvalue weighted by molar-refractivity contribution is 0.210. The Balaban J connectivity index is 2.43. The molecule has 0 aromatic heterocycles. The highest BCUT2D eigenvalue weighted by molar-refractivity contribution is 7.89. The van der Waals surface area contributed by atoms with Crippen molar-refractivity contribution in [1.29, 1.82) is 5.26 Å². The van der Waals surface area contributed by atoms with Crippen LogP contribution in [0.3, 0.4) is 0 Å². The Hall–Kier alpha value is -1.42. The zero-order chi connectivity index (χ0) is 14.9. The third-order valence-corrected chi connectivity index (χ3v) is 5.81. The van der Waals surface area contributed by atoms with Gasteiger partial charge in [-0.15, -0.1) is 0 Å². The third kappa shape index (κ3) is 2.44. The molecule has 0 unspecified atom stereocenters. The first-order valence-corrected chi connectivity index (χ1v) is 7.96. The number of aliphatic hydroxyl groups is 1. The first-order chi connectivity index (χ1) is 9.41. The number of aliphatic hydroxyl groups excluding tert-OH is 1. The van der Waals surface area contributed by atoms with Crippen molar-refractivity contribution in [3.05, 3.63) is 29.3 Å². The topological polar surface area (TPSA) is 81.4 Å². The number of rotatable bonds is 3. The van der Waals surface area contributed by atoms with Gasteiger partial charge in [-0.2, -0.15) is 9.57 Å². The van der Waals surface area contributed by atoms with Crippen LogP contribution in [0.2, 0.25) is 0 Å². The SMILES string of the molecule is Cc1cccc(S(=O)(=O)N2C[C@@H](CO)[C@H](C)C2)c1C#N. The molecule has 1 heterocycles. The number of benzene rings is 1. The maximum Gasteiger partial charge on any atom is 0.244 e. The number of nitrogens with zero attached hydrogens (tertiary/aromatic N) is 2. The van der Waals surface area contributed by atoms with Gasteiger partial charge in [-0.25, -0.2) is 8.42 Å².